The van der Waals surface area contributed by atoms with Gasteiger partial charge >= 0.3 is 0 Å². The number of rotatable bonds is 4. The van der Waals surface area contributed by atoms with Gasteiger partial charge in [-0.25, -0.2) is 4.39 Å². The maximum absolute atomic E-state index is 13.7. The number of aromatic nitrogens is 2. The Morgan fingerprint density at radius 1 is 1.00 bits per heavy atom. The lowest BCUT2D eigenvalue weighted by atomic mass is 10.1. The normalized spacial score (nSPS) is 10.7. The zero-order chi connectivity index (χ0) is 16.2. The molecule has 0 aliphatic rings. The van der Waals surface area contributed by atoms with E-state index in [-0.39, 0.29) is 5.82 Å². The minimum Gasteiger partial charge on any atom is -0.207 e. The lowest BCUT2D eigenvalue weighted by Gasteiger charge is -2.05. The molecule has 0 amide bonds. The second-order valence-corrected chi connectivity index (χ2v) is 7.07. The molecule has 1 heterocycles. The number of benzene rings is 2. The van der Waals surface area contributed by atoms with E-state index in [1.807, 2.05) is 36.4 Å². The highest BCUT2D eigenvalue weighted by molar-refractivity contribution is 9.10. The molecular weight excluding hydrogens is 399 g/mol. The topological polar surface area (TPSA) is 25.8 Å². The molecule has 0 saturated heterocycles. The Hall–Kier alpha value is -1.43. The quantitative estimate of drug-likeness (QED) is 0.495. The van der Waals surface area contributed by atoms with Crippen LogP contribution in [0.1, 0.15) is 5.56 Å². The fraction of sp³-hybridized carbons (Fsp3) is 0.0588. The Kier molecular flexibility index (Phi) is 5.30. The summed E-state index contributed by atoms with van der Waals surface area (Å²) in [5, 5.41) is 9.57. The molecule has 0 aliphatic carbocycles. The molecular formula is C17H11BrClFN2S. The van der Waals surface area contributed by atoms with Gasteiger partial charge < -0.3 is 0 Å². The summed E-state index contributed by atoms with van der Waals surface area (Å²) < 4.78 is 14.8. The predicted octanol–water partition coefficient (Wildman–Crippen LogP) is 5.99. The minimum atomic E-state index is -0.301. The van der Waals surface area contributed by atoms with Crippen molar-refractivity contribution >= 4 is 39.3 Å². The first kappa shape index (κ1) is 16.4. The van der Waals surface area contributed by atoms with Crippen LogP contribution in [0.4, 0.5) is 4.39 Å². The molecule has 0 N–H and O–H groups in total. The highest BCUT2D eigenvalue weighted by Gasteiger charge is 2.08. The highest BCUT2D eigenvalue weighted by Crippen LogP contribution is 2.28. The van der Waals surface area contributed by atoms with Crippen LogP contribution in [0.25, 0.3) is 11.3 Å². The maximum atomic E-state index is 13.7. The molecule has 2 aromatic carbocycles. The van der Waals surface area contributed by atoms with Gasteiger partial charge in [-0.1, -0.05) is 57.5 Å². The van der Waals surface area contributed by atoms with E-state index in [0.29, 0.717) is 16.3 Å². The lowest BCUT2D eigenvalue weighted by molar-refractivity contribution is 0.617. The Morgan fingerprint density at radius 2 is 1.78 bits per heavy atom. The first-order chi connectivity index (χ1) is 11.1. The van der Waals surface area contributed by atoms with Gasteiger partial charge in [-0.15, -0.1) is 10.2 Å². The third-order valence-electron chi connectivity index (χ3n) is 3.21. The Balaban J connectivity index is 1.72. The molecule has 0 saturated carbocycles. The summed E-state index contributed by atoms with van der Waals surface area (Å²) in [5.41, 5.74) is 2.28. The van der Waals surface area contributed by atoms with Crippen LogP contribution in [-0.4, -0.2) is 10.2 Å². The zero-order valence-corrected chi connectivity index (χ0v) is 15.0. The summed E-state index contributed by atoms with van der Waals surface area (Å²) in [6.07, 6.45) is 0. The minimum absolute atomic E-state index is 0.301. The molecule has 23 heavy (non-hydrogen) atoms. The molecule has 0 fully saturated rings. The largest absolute Gasteiger partial charge is 0.207 e. The van der Waals surface area contributed by atoms with Crippen LogP contribution in [0.2, 0.25) is 5.02 Å². The van der Waals surface area contributed by atoms with Crippen molar-refractivity contribution in [1.29, 1.82) is 0 Å². The van der Waals surface area contributed by atoms with Crippen molar-refractivity contribution in [2.75, 3.05) is 0 Å². The molecule has 6 heteroatoms. The van der Waals surface area contributed by atoms with Crippen LogP contribution in [0, 0.1) is 5.82 Å². The number of thioether (sulfide) groups is 1. The van der Waals surface area contributed by atoms with E-state index in [1.165, 1.54) is 17.8 Å². The molecule has 0 aliphatic heterocycles. The highest BCUT2D eigenvalue weighted by atomic mass is 79.9. The van der Waals surface area contributed by atoms with E-state index in [4.69, 9.17) is 11.6 Å². The van der Waals surface area contributed by atoms with Crippen LogP contribution in [0.15, 0.2) is 64.1 Å². The summed E-state index contributed by atoms with van der Waals surface area (Å²) in [6, 6.07) is 16.3. The molecule has 0 atom stereocenters. The van der Waals surface area contributed by atoms with Crippen LogP contribution in [0.5, 0.6) is 0 Å². The van der Waals surface area contributed by atoms with Crippen LogP contribution in [0.3, 0.4) is 0 Å². The molecule has 0 unspecified atom stereocenters. The second kappa shape index (κ2) is 7.43. The average molecular weight is 410 g/mol. The molecule has 1 aromatic heterocycles. The lowest BCUT2D eigenvalue weighted by Crippen LogP contribution is -1.92. The summed E-state index contributed by atoms with van der Waals surface area (Å²) >= 11 is 10.8. The monoisotopic (exact) mass is 408 g/mol. The average Bonchev–Trinajstić information content (AvgIpc) is 2.56. The van der Waals surface area contributed by atoms with Gasteiger partial charge in [0, 0.05) is 26.4 Å². The molecule has 3 aromatic rings. The predicted molar refractivity (Wildman–Crippen MR) is 96.1 cm³/mol. The van der Waals surface area contributed by atoms with Crippen molar-refractivity contribution in [3.63, 3.8) is 0 Å². The van der Waals surface area contributed by atoms with Gasteiger partial charge in [0.1, 0.15) is 10.8 Å². The third kappa shape index (κ3) is 4.10. The van der Waals surface area contributed by atoms with Gasteiger partial charge in [0.25, 0.3) is 0 Å². The first-order valence-corrected chi connectivity index (χ1v) is 8.94. The Bertz CT molecular complexity index is 790. The van der Waals surface area contributed by atoms with Gasteiger partial charge in [0.2, 0.25) is 0 Å². The van der Waals surface area contributed by atoms with E-state index in [2.05, 4.69) is 26.1 Å². The molecule has 2 nitrogen and oxygen atoms in total. The fourth-order valence-corrected chi connectivity index (χ4v) is 3.41. The van der Waals surface area contributed by atoms with Crippen molar-refractivity contribution in [2.24, 2.45) is 0 Å². The van der Waals surface area contributed by atoms with E-state index >= 15 is 0 Å². The molecule has 3 rings (SSSR count). The summed E-state index contributed by atoms with van der Waals surface area (Å²) in [5.74, 6) is 0.113. The van der Waals surface area contributed by atoms with Crippen molar-refractivity contribution in [3.05, 3.63) is 75.5 Å². The molecule has 0 bridgehead atoms. The molecule has 0 radical (unpaired) electrons. The van der Waals surface area contributed by atoms with E-state index in [9.17, 15) is 4.39 Å². The van der Waals surface area contributed by atoms with Gasteiger partial charge in [-0.05, 0) is 36.4 Å². The molecule has 116 valence electrons. The van der Waals surface area contributed by atoms with Crippen molar-refractivity contribution < 1.29 is 4.39 Å². The fourth-order valence-electron chi connectivity index (χ4n) is 1.99. The number of halogens is 3. The van der Waals surface area contributed by atoms with E-state index < -0.39 is 0 Å². The first-order valence-electron chi connectivity index (χ1n) is 6.79. The summed E-state index contributed by atoms with van der Waals surface area (Å²) in [7, 11) is 0. The van der Waals surface area contributed by atoms with Crippen molar-refractivity contribution in [3.8, 4) is 11.3 Å². The summed E-state index contributed by atoms with van der Waals surface area (Å²) in [6.45, 7) is 0. The Labute approximate surface area is 151 Å². The van der Waals surface area contributed by atoms with Gasteiger partial charge in [0.05, 0.1) is 5.69 Å². The van der Waals surface area contributed by atoms with Crippen LogP contribution >= 0.6 is 39.3 Å². The summed E-state index contributed by atoms with van der Waals surface area (Å²) in [4.78, 5) is 0. The zero-order valence-electron chi connectivity index (χ0n) is 11.8. The van der Waals surface area contributed by atoms with Gasteiger partial charge in [0.15, 0.2) is 0 Å². The maximum Gasteiger partial charge on any atom is 0.128 e. The second-order valence-electron chi connectivity index (χ2n) is 4.75. The van der Waals surface area contributed by atoms with Gasteiger partial charge in [-0.2, -0.15) is 0 Å². The standard InChI is InChI=1S/C17H11BrClFN2S/c18-12-6-4-11(5-7-12)16-8-9-17(22-21-16)23-10-13-14(19)2-1-3-15(13)20/h1-9H,10H2. The SMILES string of the molecule is Fc1cccc(Cl)c1CSc1ccc(-c2ccc(Br)cc2)nn1. The van der Waals surface area contributed by atoms with Gasteiger partial charge in [-0.3, -0.25) is 0 Å². The third-order valence-corrected chi connectivity index (χ3v) is 5.04. The van der Waals surface area contributed by atoms with E-state index in [0.717, 1.165) is 20.8 Å². The van der Waals surface area contributed by atoms with Crippen LogP contribution < -0.4 is 0 Å². The van der Waals surface area contributed by atoms with Crippen molar-refractivity contribution in [2.45, 2.75) is 10.8 Å². The number of hydrogen-bond acceptors (Lipinski definition) is 3. The van der Waals surface area contributed by atoms with Crippen molar-refractivity contribution in [1.82, 2.24) is 10.2 Å². The molecule has 0 spiro atoms. The number of hydrogen-bond donors (Lipinski definition) is 0. The van der Waals surface area contributed by atoms with E-state index in [1.54, 1.807) is 12.1 Å². The van der Waals surface area contributed by atoms with Crippen LogP contribution in [-0.2, 0) is 5.75 Å². The Morgan fingerprint density at radius 3 is 2.43 bits per heavy atom. The number of nitrogens with zero attached hydrogens (tertiary/aromatic N) is 2. The smallest absolute Gasteiger partial charge is 0.128 e.